The fraction of sp³-hybridized carbons (Fsp3) is 0.556. The van der Waals surface area contributed by atoms with Crippen molar-refractivity contribution in [1.29, 1.82) is 0 Å². The molecule has 0 aromatic heterocycles. The SMILES string of the molecule is CC1(C)SC(N)=NC2=C1CC(=O)C2. The minimum atomic E-state index is -0.0483. The van der Waals surface area contributed by atoms with Crippen LogP contribution in [0.4, 0.5) is 0 Å². The molecule has 0 spiro atoms. The van der Waals surface area contributed by atoms with E-state index in [0.29, 0.717) is 18.0 Å². The molecule has 0 saturated heterocycles. The molecule has 2 aliphatic rings. The second kappa shape index (κ2) is 2.61. The fourth-order valence-corrected chi connectivity index (χ4v) is 2.79. The predicted molar refractivity (Wildman–Crippen MR) is 54.6 cm³/mol. The van der Waals surface area contributed by atoms with Crippen LogP contribution in [0.3, 0.4) is 0 Å². The smallest absolute Gasteiger partial charge is 0.159 e. The highest BCUT2D eigenvalue weighted by Crippen LogP contribution is 2.44. The monoisotopic (exact) mass is 196 g/mol. The molecule has 0 radical (unpaired) electrons. The predicted octanol–water partition coefficient (Wildman–Crippen LogP) is 1.44. The van der Waals surface area contributed by atoms with Crippen molar-refractivity contribution in [3.8, 4) is 0 Å². The van der Waals surface area contributed by atoms with Gasteiger partial charge >= 0.3 is 0 Å². The molecule has 0 aromatic carbocycles. The van der Waals surface area contributed by atoms with E-state index >= 15 is 0 Å². The molecule has 3 nitrogen and oxygen atoms in total. The van der Waals surface area contributed by atoms with Gasteiger partial charge in [-0.2, -0.15) is 0 Å². The van der Waals surface area contributed by atoms with Crippen molar-refractivity contribution in [2.45, 2.75) is 31.4 Å². The molecule has 1 aliphatic heterocycles. The molecule has 2 rings (SSSR count). The number of nitrogens with two attached hydrogens (primary N) is 1. The number of Topliss-reactive ketones (excluding diaryl/α,β-unsaturated/α-hetero) is 1. The molecule has 2 N–H and O–H groups in total. The minimum Gasteiger partial charge on any atom is -0.378 e. The Bertz CT molecular complexity index is 342. The molecule has 0 unspecified atom stereocenters. The average Bonchev–Trinajstić information content (AvgIpc) is 2.28. The first-order valence-corrected chi connectivity index (χ1v) is 5.08. The van der Waals surface area contributed by atoms with Crippen LogP contribution in [-0.4, -0.2) is 15.7 Å². The summed E-state index contributed by atoms with van der Waals surface area (Å²) in [6.07, 6.45) is 1.03. The van der Waals surface area contributed by atoms with Crippen LogP contribution in [0.15, 0.2) is 16.3 Å². The van der Waals surface area contributed by atoms with Crippen molar-refractivity contribution in [3.05, 3.63) is 11.3 Å². The zero-order valence-electron chi connectivity index (χ0n) is 7.76. The molecule has 13 heavy (non-hydrogen) atoms. The Morgan fingerprint density at radius 3 is 2.85 bits per heavy atom. The van der Waals surface area contributed by atoms with E-state index in [1.165, 1.54) is 11.8 Å². The van der Waals surface area contributed by atoms with Crippen LogP contribution >= 0.6 is 11.8 Å². The maximum atomic E-state index is 11.2. The van der Waals surface area contributed by atoms with Crippen LogP contribution in [0, 0.1) is 0 Å². The molecule has 0 amide bonds. The van der Waals surface area contributed by atoms with Crippen LogP contribution in [0.25, 0.3) is 0 Å². The Morgan fingerprint density at radius 1 is 1.46 bits per heavy atom. The van der Waals surface area contributed by atoms with Gasteiger partial charge in [-0.15, -0.1) is 0 Å². The number of thioether (sulfide) groups is 1. The van der Waals surface area contributed by atoms with Crippen molar-refractivity contribution in [2.24, 2.45) is 10.7 Å². The molecule has 1 heterocycles. The summed E-state index contributed by atoms with van der Waals surface area (Å²) in [5.41, 5.74) is 7.75. The Balaban J connectivity index is 2.44. The van der Waals surface area contributed by atoms with E-state index in [1.54, 1.807) is 0 Å². The number of carbonyl (C=O) groups is 1. The first-order chi connectivity index (χ1) is 5.99. The van der Waals surface area contributed by atoms with Gasteiger partial charge < -0.3 is 5.73 Å². The molecule has 0 fully saturated rings. The van der Waals surface area contributed by atoms with Crippen LogP contribution < -0.4 is 5.73 Å². The van der Waals surface area contributed by atoms with E-state index in [2.05, 4.69) is 18.8 Å². The number of allylic oxidation sites excluding steroid dienone is 1. The Kier molecular flexibility index (Phi) is 1.77. The maximum absolute atomic E-state index is 11.2. The normalized spacial score (nSPS) is 26.0. The molecular weight excluding hydrogens is 184 g/mol. The zero-order valence-corrected chi connectivity index (χ0v) is 8.57. The van der Waals surface area contributed by atoms with Gasteiger partial charge in [-0.1, -0.05) is 11.8 Å². The van der Waals surface area contributed by atoms with Crippen LogP contribution in [0.1, 0.15) is 26.7 Å². The van der Waals surface area contributed by atoms with Crippen molar-refractivity contribution >= 4 is 22.7 Å². The molecule has 0 atom stereocenters. The van der Waals surface area contributed by atoms with Gasteiger partial charge in [-0.25, -0.2) is 4.99 Å². The van der Waals surface area contributed by atoms with Gasteiger partial charge in [0.15, 0.2) is 5.17 Å². The Morgan fingerprint density at radius 2 is 2.15 bits per heavy atom. The van der Waals surface area contributed by atoms with E-state index in [-0.39, 0.29) is 10.5 Å². The third-order valence-electron chi connectivity index (χ3n) is 2.42. The zero-order chi connectivity index (χ0) is 9.64. The first kappa shape index (κ1) is 8.81. The van der Waals surface area contributed by atoms with Gasteiger partial charge in [0.25, 0.3) is 0 Å². The molecule has 70 valence electrons. The highest BCUT2D eigenvalue weighted by Gasteiger charge is 2.37. The topological polar surface area (TPSA) is 55.4 Å². The van der Waals surface area contributed by atoms with E-state index in [9.17, 15) is 4.79 Å². The lowest BCUT2D eigenvalue weighted by Crippen LogP contribution is -2.27. The number of hydrogen-bond donors (Lipinski definition) is 1. The summed E-state index contributed by atoms with van der Waals surface area (Å²) in [5, 5.41) is 0.582. The summed E-state index contributed by atoms with van der Waals surface area (Å²) in [5.74, 6) is 0.261. The van der Waals surface area contributed by atoms with Gasteiger partial charge in [-0.05, 0) is 19.4 Å². The van der Waals surface area contributed by atoms with E-state index < -0.39 is 0 Å². The second-order valence-corrected chi connectivity index (χ2v) is 5.52. The van der Waals surface area contributed by atoms with Crippen LogP contribution in [-0.2, 0) is 4.79 Å². The summed E-state index contributed by atoms with van der Waals surface area (Å²) in [4.78, 5) is 15.4. The summed E-state index contributed by atoms with van der Waals surface area (Å²) < 4.78 is -0.0483. The molecular formula is C9H12N2OS. The number of amidine groups is 1. The van der Waals surface area contributed by atoms with E-state index in [1.807, 2.05) is 0 Å². The average molecular weight is 196 g/mol. The lowest BCUT2D eigenvalue weighted by atomic mass is 10.0. The van der Waals surface area contributed by atoms with Gasteiger partial charge in [0.05, 0.1) is 5.70 Å². The van der Waals surface area contributed by atoms with Crippen molar-refractivity contribution in [1.82, 2.24) is 0 Å². The quantitative estimate of drug-likeness (QED) is 0.638. The number of nitrogens with zero attached hydrogens (tertiary/aromatic N) is 1. The standard InChI is InChI=1S/C9H12N2OS/c1-9(2)6-3-5(12)4-7(6)11-8(10)13-9/h3-4H2,1-2H3,(H2,10,11). The number of carbonyl (C=O) groups excluding carboxylic acids is 1. The van der Waals surface area contributed by atoms with Crippen molar-refractivity contribution in [2.75, 3.05) is 0 Å². The minimum absolute atomic E-state index is 0.0483. The summed E-state index contributed by atoms with van der Waals surface area (Å²) in [6, 6.07) is 0. The third-order valence-corrected chi connectivity index (χ3v) is 3.48. The Labute approximate surface area is 81.5 Å². The van der Waals surface area contributed by atoms with Crippen LogP contribution in [0.5, 0.6) is 0 Å². The van der Waals surface area contributed by atoms with Gasteiger partial charge in [-0.3, -0.25) is 4.79 Å². The lowest BCUT2D eigenvalue weighted by molar-refractivity contribution is -0.117. The van der Waals surface area contributed by atoms with Crippen LogP contribution in [0.2, 0.25) is 0 Å². The number of aliphatic imine (C=N–C) groups is 1. The maximum Gasteiger partial charge on any atom is 0.159 e. The molecule has 4 heteroatoms. The highest BCUT2D eigenvalue weighted by molar-refractivity contribution is 8.15. The fourth-order valence-electron chi connectivity index (χ4n) is 1.80. The second-order valence-electron chi connectivity index (χ2n) is 3.88. The Hall–Kier alpha value is -0.770. The van der Waals surface area contributed by atoms with Gasteiger partial charge in [0, 0.05) is 17.6 Å². The van der Waals surface area contributed by atoms with Gasteiger partial charge in [0.1, 0.15) is 5.78 Å². The number of rotatable bonds is 0. The molecule has 1 aliphatic carbocycles. The lowest BCUT2D eigenvalue weighted by Gasteiger charge is -2.28. The van der Waals surface area contributed by atoms with Crippen molar-refractivity contribution < 1.29 is 4.79 Å². The highest BCUT2D eigenvalue weighted by atomic mass is 32.2. The summed E-state index contributed by atoms with van der Waals surface area (Å²) in [6.45, 7) is 4.18. The first-order valence-electron chi connectivity index (χ1n) is 4.26. The molecule has 0 saturated carbocycles. The summed E-state index contributed by atoms with van der Waals surface area (Å²) in [7, 11) is 0. The molecule has 0 bridgehead atoms. The largest absolute Gasteiger partial charge is 0.378 e. The third kappa shape index (κ3) is 1.39. The number of hydrogen-bond acceptors (Lipinski definition) is 4. The van der Waals surface area contributed by atoms with Gasteiger partial charge in [0.2, 0.25) is 0 Å². The molecule has 0 aromatic rings. The van der Waals surface area contributed by atoms with Crippen molar-refractivity contribution in [3.63, 3.8) is 0 Å². The van der Waals surface area contributed by atoms with E-state index in [4.69, 9.17) is 5.73 Å². The van der Waals surface area contributed by atoms with E-state index in [0.717, 1.165) is 11.3 Å². The summed E-state index contributed by atoms with van der Waals surface area (Å²) >= 11 is 1.54. The number of ketones is 1.